The molecular formula is C19H16N4O. The lowest BCUT2D eigenvalue weighted by Gasteiger charge is -2.09. The molecule has 2 heterocycles. The average molecular weight is 316 g/mol. The molecule has 118 valence electrons. The van der Waals surface area contributed by atoms with E-state index in [4.69, 9.17) is 10.5 Å². The highest BCUT2D eigenvalue weighted by Crippen LogP contribution is 2.27. The van der Waals surface area contributed by atoms with Crippen LogP contribution in [0.4, 0.5) is 17.2 Å². The maximum absolute atomic E-state index is 5.94. The molecule has 0 radical (unpaired) electrons. The third kappa shape index (κ3) is 3.01. The fraction of sp³-hybridized carbons (Fsp3) is 0. The van der Waals surface area contributed by atoms with Crippen molar-refractivity contribution in [2.45, 2.75) is 0 Å². The second-order valence-corrected chi connectivity index (χ2v) is 5.46. The number of nitrogen functional groups attached to an aromatic ring is 1. The number of nitrogens with one attached hydrogen (secondary N) is 2. The number of nitrogens with zero attached hydrogens (tertiary/aromatic N) is 1. The van der Waals surface area contributed by atoms with Gasteiger partial charge in [0.1, 0.15) is 17.3 Å². The molecule has 0 bridgehead atoms. The van der Waals surface area contributed by atoms with Crippen LogP contribution in [0.25, 0.3) is 10.9 Å². The zero-order valence-electron chi connectivity index (χ0n) is 12.9. The number of ether oxygens (including phenoxy) is 1. The molecule has 2 aromatic heterocycles. The van der Waals surface area contributed by atoms with Gasteiger partial charge in [0.15, 0.2) is 0 Å². The minimum atomic E-state index is 0.695. The van der Waals surface area contributed by atoms with Crippen LogP contribution in [0.3, 0.4) is 0 Å². The van der Waals surface area contributed by atoms with Crippen molar-refractivity contribution in [2.75, 3.05) is 11.1 Å². The first kappa shape index (κ1) is 14.1. The number of hydrogen-bond donors (Lipinski definition) is 3. The molecular weight excluding hydrogens is 300 g/mol. The van der Waals surface area contributed by atoms with Gasteiger partial charge in [-0.05, 0) is 48.5 Å². The molecule has 0 aliphatic rings. The Balaban J connectivity index is 1.55. The van der Waals surface area contributed by atoms with E-state index >= 15 is 0 Å². The molecule has 0 saturated carbocycles. The first-order valence-electron chi connectivity index (χ1n) is 7.60. The summed E-state index contributed by atoms with van der Waals surface area (Å²) < 4.78 is 5.94. The van der Waals surface area contributed by atoms with E-state index in [1.165, 1.54) is 0 Å². The Morgan fingerprint density at radius 1 is 0.958 bits per heavy atom. The van der Waals surface area contributed by atoms with Crippen LogP contribution in [0.15, 0.2) is 73.1 Å². The van der Waals surface area contributed by atoms with Crippen LogP contribution in [0, 0.1) is 0 Å². The Hall–Kier alpha value is -3.47. The maximum atomic E-state index is 5.94. The number of aromatic amines is 1. The number of anilines is 3. The monoisotopic (exact) mass is 316 g/mol. The fourth-order valence-electron chi connectivity index (χ4n) is 2.54. The topological polar surface area (TPSA) is 76.0 Å². The Bertz CT molecular complexity index is 993. The number of rotatable bonds is 4. The number of H-pyrrole nitrogens is 1. The molecule has 4 N–H and O–H groups in total. The van der Waals surface area contributed by atoms with Gasteiger partial charge in [-0.15, -0.1) is 0 Å². The van der Waals surface area contributed by atoms with Crippen LogP contribution in [0.5, 0.6) is 11.5 Å². The van der Waals surface area contributed by atoms with Crippen molar-refractivity contribution in [3.05, 3.63) is 73.1 Å². The summed E-state index contributed by atoms with van der Waals surface area (Å²) in [6, 6.07) is 19.1. The van der Waals surface area contributed by atoms with E-state index < -0.39 is 0 Å². The molecule has 24 heavy (non-hydrogen) atoms. The van der Waals surface area contributed by atoms with Crippen LogP contribution in [0.2, 0.25) is 0 Å². The molecule has 0 saturated heterocycles. The first-order valence-corrected chi connectivity index (χ1v) is 7.60. The molecule has 2 aromatic carbocycles. The lowest BCUT2D eigenvalue weighted by molar-refractivity contribution is 0.483. The molecule has 0 aliphatic heterocycles. The summed E-state index contributed by atoms with van der Waals surface area (Å²) in [5.41, 5.74) is 8.46. The zero-order valence-corrected chi connectivity index (χ0v) is 12.9. The number of aromatic nitrogens is 2. The van der Waals surface area contributed by atoms with E-state index in [1.807, 2.05) is 66.9 Å². The second-order valence-electron chi connectivity index (χ2n) is 5.46. The van der Waals surface area contributed by atoms with Gasteiger partial charge in [-0.2, -0.15) is 0 Å². The summed E-state index contributed by atoms with van der Waals surface area (Å²) in [6.45, 7) is 0. The largest absolute Gasteiger partial charge is 0.457 e. The van der Waals surface area contributed by atoms with Crippen molar-refractivity contribution in [1.29, 1.82) is 0 Å². The third-order valence-electron chi connectivity index (χ3n) is 3.65. The summed E-state index contributed by atoms with van der Waals surface area (Å²) in [5, 5.41) is 4.33. The van der Waals surface area contributed by atoms with Gasteiger partial charge in [-0.3, -0.25) is 0 Å². The van der Waals surface area contributed by atoms with E-state index in [-0.39, 0.29) is 0 Å². The highest BCUT2D eigenvalue weighted by Gasteiger charge is 2.03. The molecule has 0 amide bonds. The molecule has 4 rings (SSSR count). The second kappa shape index (κ2) is 5.96. The molecule has 0 spiro atoms. The normalized spacial score (nSPS) is 10.7. The van der Waals surface area contributed by atoms with E-state index in [0.717, 1.165) is 22.3 Å². The number of nitrogens with two attached hydrogens (primary N) is 1. The quantitative estimate of drug-likeness (QED) is 0.478. The molecule has 4 aromatic rings. The molecule has 5 nitrogen and oxygen atoms in total. The van der Waals surface area contributed by atoms with Gasteiger partial charge in [-0.25, -0.2) is 4.98 Å². The SMILES string of the molecule is Nc1cccc(Nc2cc(Oc3ccc4[nH]ccc4c3)ccn2)c1. The van der Waals surface area contributed by atoms with Crippen LogP contribution in [0.1, 0.15) is 0 Å². The maximum Gasteiger partial charge on any atom is 0.134 e. The van der Waals surface area contributed by atoms with E-state index in [0.29, 0.717) is 17.3 Å². The Morgan fingerprint density at radius 2 is 1.88 bits per heavy atom. The van der Waals surface area contributed by atoms with Crippen molar-refractivity contribution >= 4 is 28.1 Å². The van der Waals surface area contributed by atoms with Gasteiger partial charge >= 0.3 is 0 Å². The lowest BCUT2D eigenvalue weighted by Crippen LogP contribution is -1.95. The molecule has 0 fully saturated rings. The van der Waals surface area contributed by atoms with Crippen LogP contribution in [-0.2, 0) is 0 Å². The van der Waals surface area contributed by atoms with Crippen molar-refractivity contribution < 1.29 is 4.74 Å². The number of benzene rings is 2. The Kier molecular flexibility index (Phi) is 3.51. The lowest BCUT2D eigenvalue weighted by atomic mass is 10.2. The van der Waals surface area contributed by atoms with Crippen LogP contribution < -0.4 is 15.8 Å². The number of hydrogen-bond acceptors (Lipinski definition) is 4. The predicted molar refractivity (Wildman–Crippen MR) is 96.7 cm³/mol. The first-order chi connectivity index (χ1) is 11.8. The minimum Gasteiger partial charge on any atom is -0.457 e. The highest BCUT2D eigenvalue weighted by atomic mass is 16.5. The Morgan fingerprint density at radius 3 is 2.79 bits per heavy atom. The van der Waals surface area contributed by atoms with E-state index in [9.17, 15) is 0 Å². The molecule has 0 unspecified atom stereocenters. The van der Waals surface area contributed by atoms with Gasteiger partial charge in [0.2, 0.25) is 0 Å². The Labute approximate surface area is 139 Å². The van der Waals surface area contributed by atoms with Gasteiger partial charge in [-0.1, -0.05) is 6.07 Å². The smallest absolute Gasteiger partial charge is 0.134 e. The average Bonchev–Trinajstić information content (AvgIpc) is 3.03. The van der Waals surface area contributed by atoms with Crippen molar-refractivity contribution in [3.8, 4) is 11.5 Å². The summed E-state index contributed by atoms with van der Waals surface area (Å²) in [7, 11) is 0. The summed E-state index contributed by atoms with van der Waals surface area (Å²) in [4.78, 5) is 7.48. The molecule has 5 heteroatoms. The van der Waals surface area contributed by atoms with Crippen LogP contribution in [-0.4, -0.2) is 9.97 Å². The summed E-state index contributed by atoms with van der Waals surface area (Å²) in [5.74, 6) is 2.19. The van der Waals surface area contributed by atoms with E-state index in [1.54, 1.807) is 6.20 Å². The van der Waals surface area contributed by atoms with Gasteiger partial charge in [0.05, 0.1) is 0 Å². The molecule has 0 atom stereocenters. The number of pyridine rings is 1. The molecule has 0 aliphatic carbocycles. The van der Waals surface area contributed by atoms with Crippen LogP contribution >= 0.6 is 0 Å². The standard InChI is InChI=1S/C19H16N4O/c20-14-2-1-3-15(11-14)23-19-12-17(7-9-22-19)24-16-4-5-18-13(10-16)6-8-21-18/h1-12,21H,20H2,(H,22,23). The van der Waals surface area contributed by atoms with Gasteiger partial charge in [0, 0.05) is 40.7 Å². The van der Waals surface area contributed by atoms with Crippen molar-refractivity contribution in [1.82, 2.24) is 9.97 Å². The fourth-order valence-corrected chi connectivity index (χ4v) is 2.54. The minimum absolute atomic E-state index is 0.695. The highest BCUT2D eigenvalue weighted by molar-refractivity contribution is 5.80. The number of fused-ring (bicyclic) bond motifs is 1. The third-order valence-corrected chi connectivity index (χ3v) is 3.65. The zero-order chi connectivity index (χ0) is 16.4. The summed E-state index contributed by atoms with van der Waals surface area (Å²) in [6.07, 6.45) is 3.62. The summed E-state index contributed by atoms with van der Waals surface area (Å²) >= 11 is 0. The van der Waals surface area contributed by atoms with Gasteiger partial charge in [0.25, 0.3) is 0 Å². The van der Waals surface area contributed by atoms with E-state index in [2.05, 4.69) is 15.3 Å². The van der Waals surface area contributed by atoms with Crippen molar-refractivity contribution in [3.63, 3.8) is 0 Å². The van der Waals surface area contributed by atoms with Gasteiger partial charge < -0.3 is 20.8 Å². The van der Waals surface area contributed by atoms with Crippen molar-refractivity contribution in [2.24, 2.45) is 0 Å². The predicted octanol–water partition coefficient (Wildman–Crippen LogP) is 4.68.